The molecule has 0 aromatic carbocycles. The number of hydrogen-bond donors (Lipinski definition) is 3. The van der Waals surface area contributed by atoms with E-state index in [4.69, 9.17) is 0 Å². The third-order valence-electron chi connectivity index (χ3n) is 8.44. The molecule has 30 heavy (non-hydrogen) atoms. The van der Waals surface area contributed by atoms with E-state index in [9.17, 15) is 15.3 Å². The maximum Gasteiger partial charge on any atom is 0.0811 e. The van der Waals surface area contributed by atoms with Crippen LogP contribution in [0, 0.1) is 23.2 Å². The Balaban J connectivity index is 1.76. The molecule has 0 aromatic heterocycles. The molecule has 0 heterocycles. The number of hydrogen-bond acceptors (Lipinski definition) is 3. The topological polar surface area (TPSA) is 60.7 Å². The molecule has 170 valence electrons. The lowest BCUT2D eigenvalue weighted by Crippen LogP contribution is -2.45. The number of aliphatic hydroxyl groups excluding tert-OH is 2. The van der Waals surface area contributed by atoms with Crippen molar-refractivity contribution in [2.45, 2.75) is 110 Å². The van der Waals surface area contributed by atoms with E-state index < -0.39 is 17.8 Å². The van der Waals surface area contributed by atoms with Crippen molar-refractivity contribution in [2.75, 3.05) is 0 Å². The minimum Gasteiger partial charge on any atom is -0.393 e. The molecule has 3 saturated carbocycles. The van der Waals surface area contributed by atoms with Crippen LogP contribution in [-0.2, 0) is 0 Å². The molecule has 0 saturated heterocycles. The maximum atomic E-state index is 11.4. The van der Waals surface area contributed by atoms with Crippen LogP contribution >= 0.6 is 0 Å². The fraction of sp³-hybridized carbons (Fsp3) is 0.778. The number of rotatable bonds is 6. The SMILES string of the molecule is C=C1/C(=C\C=C2/CCC[C@@]3(C)C2CC[C@@H]3[C@@](C)(O)CCCC(C)C)C[C@@H](O)CC1O. The van der Waals surface area contributed by atoms with Crippen LogP contribution in [0.25, 0.3) is 0 Å². The fourth-order valence-electron chi connectivity index (χ4n) is 6.77. The van der Waals surface area contributed by atoms with Crippen LogP contribution < -0.4 is 0 Å². The zero-order valence-corrected chi connectivity index (χ0v) is 19.7. The zero-order valence-electron chi connectivity index (χ0n) is 19.7. The quantitative estimate of drug-likeness (QED) is 0.520. The predicted molar refractivity (Wildman–Crippen MR) is 124 cm³/mol. The van der Waals surface area contributed by atoms with E-state index in [1.165, 1.54) is 24.8 Å². The van der Waals surface area contributed by atoms with Gasteiger partial charge < -0.3 is 15.3 Å². The summed E-state index contributed by atoms with van der Waals surface area (Å²) in [6.07, 6.45) is 13.1. The minimum absolute atomic E-state index is 0.159. The molecular formula is C27H44O3. The fourth-order valence-corrected chi connectivity index (χ4v) is 6.77. The summed E-state index contributed by atoms with van der Waals surface area (Å²) in [5, 5.41) is 31.6. The van der Waals surface area contributed by atoms with Gasteiger partial charge in [0.15, 0.2) is 0 Å². The molecule has 0 spiro atoms. The molecule has 3 aliphatic carbocycles. The van der Waals surface area contributed by atoms with Crippen molar-refractivity contribution in [3.8, 4) is 0 Å². The monoisotopic (exact) mass is 416 g/mol. The Bertz CT molecular complexity index is 686. The molecule has 6 atom stereocenters. The van der Waals surface area contributed by atoms with Crippen LogP contribution in [0.5, 0.6) is 0 Å². The smallest absolute Gasteiger partial charge is 0.0811 e. The summed E-state index contributed by atoms with van der Waals surface area (Å²) in [4.78, 5) is 0. The normalized spacial score (nSPS) is 39.5. The molecule has 3 nitrogen and oxygen atoms in total. The second-order valence-corrected chi connectivity index (χ2v) is 11.3. The van der Waals surface area contributed by atoms with Crippen LogP contribution in [0.2, 0.25) is 0 Å². The second kappa shape index (κ2) is 9.30. The van der Waals surface area contributed by atoms with Gasteiger partial charge in [-0.1, -0.05) is 57.9 Å². The van der Waals surface area contributed by atoms with Crippen molar-refractivity contribution in [1.82, 2.24) is 0 Å². The first kappa shape index (κ1) is 23.8. The number of allylic oxidation sites excluding steroid dienone is 3. The summed E-state index contributed by atoms with van der Waals surface area (Å²) in [6.45, 7) is 13.1. The minimum atomic E-state index is -0.633. The third kappa shape index (κ3) is 4.95. The van der Waals surface area contributed by atoms with E-state index in [0.717, 1.165) is 43.3 Å². The average molecular weight is 417 g/mol. The van der Waals surface area contributed by atoms with Gasteiger partial charge >= 0.3 is 0 Å². The molecule has 3 fully saturated rings. The van der Waals surface area contributed by atoms with Crippen LogP contribution in [0.1, 0.15) is 91.9 Å². The maximum absolute atomic E-state index is 11.4. The van der Waals surface area contributed by atoms with Crippen LogP contribution in [-0.4, -0.2) is 33.1 Å². The first-order valence-electron chi connectivity index (χ1n) is 12.2. The highest BCUT2D eigenvalue weighted by Gasteiger charge is 2.54. The van der Waals surface area contributed by atoms with E-state index in [1.54, 1.807) is 0 Å². The summed E-state index contributed by atoms with van der Waals surface area (Å²) in [5.74, 6) is 1.57. The zero-order chi connectivity index (χ0) is 22.1. The lowest BCUT2D eigenvalue weighted by molar-refractivity contribution is -0.0657. The molecule has 3 N–H and O–H groups in total. The molecule has 0 aromatic rings. The van der Waals surface area contributed by atoms with Gasteiger partial charge in [-0.2, -0.15) is 0 Å². The molecule has 2 unspecified atom stereocenters. The number of fused-ring (bicyclic) bond motifs is 1. The summed E-state index contributed by atoms with van der Waals surface area (Å²) in [6, 6.07) is 0. The highest BCUT2D eigenvalue weighted by Crippen LogP contribution is 2.60. The van der Waals surface area contributed by atoms with Gasteiger partial charge in [0.1, 0.15) is 0 Å². The Morgan fingerprint density at radius 3 is 2.67 bits per heavy atom. The lowest BCUT2D eigenvalue weighted by atomic mass is 9.59. The van der Waals surface area contributed by atoms with E-state index in [1.807, 2.05) is 0 Å². The van der Waals surface area contributed by atoms with Crippen LogP contribution in [0.4, 0.5) is 0 Å². The van der Waals surface area contributed by atoms with E-state index in [2.05, 4.69) is 46.4 Å². The number of aliphatic hydroxyl groups is 3. The van der Waals surface area contributed by atoms with E-state index in [-0.39, 0.29) is 5.41 Å². The Kier molecular flexibility index (Phi) is 7.37. The molecule has 0 radical (unpaired) electrons. The van der Waals surface area contributed by atoms with Crippen molar-refractivity contribution in [1.29, 1.82) is 0 Å². The summed E-state index contributed by atoms with van der Waals surface area (Å²) >= 11 is 0. The summed E-state index contributed by atoms with van der Waals surface area (Å²) < 4.78 is 0. The molecule has 3 heteroatoms. The van der Waals surface area contributed by atoms with Crippen LogP contribution in [0.15, 0.2) is 35.5 Å². The highest BCUT2D eigenvalue weighted by atomic mass is 16.3. The van der Waals surface area contributed by atoms with Gasteiger partial charge in [-0.15, -0.1) is 0 Å². The van der Waals surface area contributed by atoms with Crippen molar-refractivity contribution >= 4 is 0 Å². The van der Waals surface area contributed by atoms with Gasteiger partial charge in [-0.05, 0) is 86.2 Å². The van der Waals surface area contributed by atoms with Crippen molar-refractivity contribution < 1.29 is 15.3 Å². The summed E-state index contributed by atoms with van der Waals surface area (Å²) in [5.41, 5.74) is 2.79. The first-order chi connectivity index (χ1) is 14.0. The van der Waals surface area contributed by atoms with Gasteiger partial charge in [-0.25, -0.2) is 0 Å². The Hall–Kier alpha value is -0.900. The van der Waals surface area contributed by atoms with Crippen molar-refractivity contribution in [3.63, 3.8) is 0 Å². The van der Waals surface area contributed by atoms with Gasteiger partial charge in [0.05, 0.1) is 17.8 Å². The van der Waals surface area contributed by atoms with E-state index in [0.29, 0.717) is 30.6 Å². The Morgan fingerprint density at radius 2 is 1.97 bits per heavy atom. The molecule has 0 bridgehead atoms. The van der Waals surface area contributed by atoms with Gasteiger partial charge in [0.25, 0.3) is 0 Å². The highest BCUT2D eigenvalue weighted by molar-refractivity contribution is 5.38. The first-order valence-corrected chi connectivity index (χ1v) is 12.2. The lowest BCUT2D eigenvalue weighted by Gasteiger charge is -2.47. The summed E-state index contributed by atoms with van der Waals surface area (Å²) in [7, 11) is 0. The standard InChI is InChI=1S/C27H44O3/c1-18(2)8-6-15-27(5,30)25-13-12-23-20(9-7-14-26(23,25)4)10-11-21-16-22(28)17-24(29)19(21)3/h10-11,18,22-25,28-30H,3,6-9,12-17H2,1-2,4-5H3/b20-10+,21-11-/t22-,23?,24?,25+,26+,27+/m1/s1. The van der Waals surface area contributed by atoms with Crippen molar-refractivity contribution in [2.24, 2.45) is 23.2 Å². The second-order valence-electron chi connectivity index (χ2n) is 11.3. The molecule has 0 amide bonds. The van der Waals surface area contributed by atoms with Gasteiger partial charge in [-0.3, -0.25) is 0 Å². The molecular weight excluding hydrogens is 372 g/mol. The van der Waals surface area contributed by atoms with Crippen LogP contribution in [0.3, 0.4) is 0 Å². The van der Waals surface area contributed by atoms with Crippen molar-refractivity contribution in [3.05, 3.63) is 35.5 Å². The van der Waals surface area contributed by atoms with Gasteiger partial charge in [0.2, 0.25) is 0 Å². The molecule has 3 aliphatic rings. The largest absolute Gasteiger partial charge is 0.393 e. The molecule has 3 rings (SSSR count). The van der Waals surface area contributed by atoms with E-state index >= 15 is 0 Å². The predicted octanol–water partition coefficient (Wildman–Crippen LogP) is 5.70. The van der Waals surface area contributed by atoms with Gasteiger partial charge in [0, 0.05) is 6.42 Å². The Morgan fingerprint density at radius 1 is 1.23 bits per heavy atom. The average Bonchev–Trinajstić information content (AvgIpc) is 3.01. The Labute approximate surface area is 184 Å². The third-order valence-corrected chi connectivity index (χ3v) is 8.44. The molecule has 0 aliphatic heterocycles.